The van der Waals surface area contributed by atoms with E-state index in [2.05, 4.69) is 17.1 Å². The van der Waals surface area contributed by atoms with Crippen molar-refractivity contribution in [2.24, 2.45) is 11.8 Å². The van der Waals surface area contributed by atoms with E-state index in [9.17, 15) is 32.3 Å². The van der Waals surface area contributed by atoms with Crippen LogP contribution in [0.4, 0.5) is 17.6 Å². The first kappa shape index (κ1) is 30.3. The molecule has 1 aliphatic carbocycles. The van der Waals surface area contributed by atoms with Crippen LogP contribution in [-0.2, 0) is 22.3 Å². The van der Waals surface area contributed by atoms with E-state index in [1.807, 2.05) is 0 Å². The molecule has 4 atom stereocenters. The fraction of sp³-hybridized carbons (Fsp3) is 0.548. The molecular formula is C31H36F4N2O5. The fourth-order valence-electron chi connectivity index (χ4n) is 6.62. The quantitative estimate of drug-likeness (QED) is 0.387. The summed E-state index contributed by atoms with van der Waals surface area (Å²) in [5.74, 6) is -1.85. The summed E-state index contributed by atoms with van der Waals surface area (Å²) < 4.78 is 65.3. The molecule has 2 saturated heterocycles. The van der Waals surface area contributed by atoms with Gasteiger partial charge in [0.2, 0.25) is 0 Å². The van der Waals surface area contributed by atoms with Crippen molar-refractivity contribution in [3.05, 3.63) is 64.5 Å². The molecule has 7 nitrogen and oxygen atoms in total. The van der Waals surface area contributed by atoms with Crippen LogP contribution in [0.1, 0.15) is 72.0 Å². The van der Waals surface area contributed by atoms with Crippen LogP contribution in [0.2, 0.25) is 0 Å². The zero-order valence-electron chi connectivity index (χ0n) is 23.7. The highest BCUT2D eigenvalue weighted by molar-refractivity contribution is 5.88. The summed E-state index contributed by atoms with van der Waals surface area (Å²) in [5, 5.41) is 12.1. The van der Waals surface area contributed by atoms with Gasteiger partial charge in [-0.15, -0.1) is 0 Å². The standard InChI is InChI=1S/C31H36F4N2O5/c1-18-16-37(10-8-25(18)20-3-6-27(32)26(13-20)28(38)39)23-7-9-30(42-17-23,21-4-5-21)29(40)36-15-19-11-22(31(33,34)35)14-24(12-19)41-2/h3,6,11-14,18,21,23,25H,4-5,7-10,15-17H2,1-2H3,(H,36,40)(H,38,39)/t18-,23?,25-,30-/m0/s1. The molecule has 1 saturated carbocycles. The summed E-state index contributed by atoms with van der Waals surface area (Å²) in [6.07, 6.45) is -0.734. The van der Waals surface area contributed by atoms with Crippen molar-refractivity contribution in [1.29, 1.82) is 0 Å². The van der Waals surface area contributed by atoms with Crippen molar-refractivity contribution in [3.63, 3.8) is 0 Å². The molecule has 1 unspecified atom stereocenters. The number of methoxy groups -OCH3 is 1. The lowest BCUT2D eigenvalue weighted by molar-refractivity contribution is -0.166. The van der Waals surface area contributed by atoms with E-state index in [1.165, 1.54) is 25.3 Å². The average molecular weight is 593 g/mol. The van der Waals surface area contributed by atoms with Gasteiger partial charge in [-0.25, -0.2) is 9.18 Å². The molecule has 2 aliphatic heterocycles. The predicted octanol–water partition coefficient (Wildman–Crippen LogP) is 5.62. The molecule has 0 bridgehead atoms. The van der Waals surface area contributed by atoms with Gasteiger partial charge >= 0.3 is 12.1 Å². The number of ether oxygens (including phenoxy) is 2. The lowest BCUT2D eigenvalue weighted by atomic mass is 9.79. The molecule has 11 heteroatoms. The van der Waals surface area contributed by atoms with E-state index in [-0.39, 0.29) is 47.6 Å². The molecule has 42 heavy (non-hydrogen) atoms. The topological polar surface area (TPSA) is 88.1 Å². The van der Waals surface area contributed by atoms with E-state index in [0.29, 0.717) is 18.6 Å². The summed E-state index contributed by atoms with van der Waals surface area (Å²) in [4.78, 5) is 27.2. The van der Waals surface area contributed by atoms with Crippen LogP contribution in [-0.4, -0.2) is 60.3 Å². The molecule has 0 radical (unpaired) electrons. The van der Waals surface area contributed by atoms with Crippen LogP contribution in [0.5, 0.6) is 5.75 Å². The lowest BCUT2D eigenvalue weighted by Crippen LogP contribution is -2.57. The van der Waals surface area contributed by atoms with Gasteiger partial charge in [0.15, 0.2) is 0 Å². The summed E-state index contributed by atoms with van der Waals surface area (Å²) >= 11 is 0. The van der Waals surface area contributed by atoms with Crippen LogP contribution in [0.25, 0.3) is 0 Å². The number of benzene rings is 2. The van der Waals surface area contributed by atoms with Crippen molar-refractivity contribution >= 4 is 11.9 Å². The van der Waals surface area contributed by atoms with Gasteiger partial charge in [0.25, 0.3) is 5.91 Å². The van der Waals surface area contributed by atoms with E-state index >= 15 is 0 Å². The second-order valence-electron chi connectivity index (χ2n) is 11.8. The summed E-state index contributed by atoms with van der Waals surface area (Å²) in [5.41, 5.74) is -1.02. The first-order valence-electron chi connectivity index (χ1n) is 14.4. The number of rotatable bonds is 8. The smallest absolute Gasteiger partial charge is 0.416 e. The number of carbonyl (C=O) groups excluding carboxylic acids is 1. The maximum Gasteiger partial charge on any atom is 0.416 e. The van der Waals surface area contributed by atoms with Crippen molar-refractivity contribution in [3.8, 4) is 5.75 Å². The highest BCUT2D eigenvalue weighted by atomic mass is 19.4. The molecular weight excluding hydrogens is 556 g/mol. The van der Waals surface area contributed by atoms with Crippen LogP contribution in [0.3, 0.4) is 0 Å². The van der Waals surface area contributed by atoms with Gasteiger partial charge in [-0.3, -0.25) is 9.69 Å². The number of carboxylic acid groups (broad SMARTS) is 1. The number of piperidine rings is 1. The first-order valence-corrected chi connectivity index (χ1v) is 14.4. The van der Waals surface area contributed by atoms with Crippen LogP contribution in [0, 0.1) is 17.7 Å². The summed E-state index contributed by atoms with van der Waals surface area (Å²) in [6.45, 7) is 3.94. The maximum atomic E-state index is 13.9. The van der Waals surface area contributed by atoms with Gasteiger partial charge in [-0.2, -0.15) is 13.2 Å². The van der Waals surface area contributed by atoms with Crippen molar-refractivity contribution < 1.29 is 41.7 Å². The SMILES string of the molecule is COc1cc(CNC(=O)[C@@]2(C3CC3)CCC(N3CC[C@H](c4ccc(F)c(C(=O)O)c4)[C@@H](C)C3)CO2)cc(C(F)(F)F)c1. The Hall–Kier alpha value is -3.18. The third-order valence-corrected chi connectivity index (χ3v) is 9.09. The zero-order valence-corrected chi connectivity index (χ0v) is 23.7. The number of nitrogens with one attached hydrogen (secondary N) is 1. The Morgan fingerprint density at radius 3 is 2.50 bits per heavy atom. The molecule has 2 N–H and O–H groups in total. The van der Waals surface area contributed by atoms with Crippen LogP contribution in [0.15, 0.2) is 36.4 Å². The van der Waals surface area contributed by atoms with Gasteiger partial charge in [0, 0.05) is 19.1 Å². The van der Waals surface area contributed by atoms with Gasteiger partial charge < -0.3 is 19.9 Å². The van der Waals surface area contributed by atoms with Crippen molar-refractivity contribution in [1.82, 2.24) is 10.2 Å². The summed E-state index contributed by atoms with van der Waals surface area (Å²) in [7, 11) is 1.30. The molecule has 228 valence electrons. The molecule has 5 rings (SSSR count). The number of halogens is 4. The van der Waals surface area contributed by atoms with E-state index in [4.69, 9.17) is 9.47 Å². The minimum absolute atomic E-state index is 0.0711. The fourth-order valence-corrected chi connectivity index (χ4v) is 6.62. The zero-order chi connectivity index (χ0) is 30.2. The van der Waals surface area contributed by atoms with Crippen molar-refractivity contribution in [2.75, 3.05) is 26.8 Å². The largest absolute Gasteiger partial charge is 0.497 e. The molecule has 3 fully saturated rings. The predicted molar refractivity (Wildman–Crippen MR) is 146 cm³/mol. The van der Waals surface area contributed by atoms with Gasteiger partial charge in [-0.05, 0) is 97.9 Å². The molecule has 2 heterocycles. The number of nitrogens with zero attached hydrogens (tertiary/aromatic N) is 1. The van der Waals surface area contributed by atoms with E-state index in [0.717, 1.165) is 56.5 Å². The third-order valence-electron chi connectivity index (χ3n) is 9.09. The monoisotopic (exact) mass is 592 g/mol. The molecule has 0 aromatic heterocycles. The number of alkyl halides is 3. The Balaban J connectivity index is 1.20. The minimum atomic E-state index is -4.53. The third kappa shape index (κ3) is 6.27. The molecule has 2 aromatic rings. The Bertz CT molecular complexity index is 1320. The minimum Gasteiger partial charge on any atom is -0.497 e. The number of carboxylic acids is 1. The average Bonchev–Trinajstić information content (AvgIpc) is 3.82. The van der Waals surface area contributed by atoms with Gasteiger partial charge in [-0.1, -0.05) is 13.0 Å². The number of aromatic carboxylic acids is 1. The first-order chi connectivity index (χ1) is 19.9. The molecule has 2 aromatic carbocycles. The number of carbonyl (C=O) groups is 2. The highest BCUT2D eigenvalue weighted by Crippen LogP contribution is 2.48. The second-order valence-corrected chi connectivity index (χ2v) is 11.8. The summed E-state index contributed by atoms with van der Waals surface area (Å²) in [6, 6.07) is 7.87. The van der Waals surface area contributed by atoms with Gasteiger partial charge in [0.05, 0.1) is 24.8 Å². The van der Waals surface area contributed by atoms with Crippen LogP contribution < -0.4 is 10.1 Å². The molecule has 3 aliphatic rings. The molecule has 1 amide bonds. The second kappa shape index (κ2) is 11.8. The van der Waals surface area contributed by atoms with Gasteiger partial charge in [0.1, 0.15) is 17.2 Å². The van der Waals surface area contributed by atoms with Crippen LogP contribution >= 0.6 is 0 Å². The van der Waals surface area contributed by atoms with Crippen molar-refractivity contribution in [2.45, 2.75) is 69.3 Å². The maximum absolute atomic E-state index is 13.9. The number of amides is 1. The number of hydrogen-bond donors (Lipinski definition) is 2. The Kier molecular flexibility index (Phi) is 8.53. The Morgan fingerprint density at radius 2 is 1.90 bits per heavy atom. The normalized spacial score (nSPS) is 27.0. The lowest BCUT2D eigenvalue weighted by Gasteiger charge is -2.46. The Labute approximate surface area is 242 Å². The number of likely N-dealkylation sites (tertiary alicyclic amines) is 1. The Morgan fingerprint density at radius 1 is 1.14 bits per heavy atom. The van der Waals surface area contributed by atoms with E-state index in [1.54, 1.807) is 6.07 Å². The molecule has 0 spiro atoms. The highest BCUT2D eigenvalue weighted by Gasteiger charge is 2.54. The number of hydrogen-bond acceptors (Lipinski definition) is 5. The van der Waals surface area contributed by atoms with E-state index < -0.39 is 29.1 Å².